The lowest BCUT2D eigenvalue weighted by Crippen LogP contribution is -2.27. The molecule has 25 heavy (non-hydrogen) atoms. The Morgan fingerprint density at radius 1 is 0.880 bits per heavy atom. The van der Waals surface area contributed by atoms with Gasteiger partial charge in [-0.15, -0.1) is 0 Å². The van der Waals surface area contributed by atoms with E-state index in [1.165, 1.54) is 0 Å². The molecule has 0 aliphatic carbocycles. The van der Waals surface area contributed by atoms with Crippen LogP contribution in [0.3, 0.4) is 0 Å². The topological polar surface area (TPSA) is 29.1 Å². The summed E-state index contributed by atoms with van der Waals surface area (Å²) < 4.78 is 77.0. The highest BCUT2D eigenvalue weighted by Crippen LogP contribution is 2.36. The van der Waals surface area contributed by atoms with Crippen LogP contribution in [0.2, 0.25) is 0 Å². The van der Waals surface area contributed by atoms with E-state index in [1.54, 1.807) is 37.3 Å². The van der Waals surface area contributed by atoms with E-state index in [-0.39, 0.29) is 6.07 Å². The molecule has 1 amide bonds. The van der Waals surface area contributed by atoms with E-state index in [0.29, 0.717) is 17.7 Å². The van der Waals surface area contributed by atoms with Crippen molar-refractivity contribution in [2.45, 2.75) is 25.3 Å². The van der Waals surface area contributed by atoms with Gasteiger partial charge in [0.15, 0.2) is 0 Å². The molecule has 0 radical (unpaired) electrons. The molecule has 0 spiro atoms. The minimum absolute atomic E-state index is 0.0165. The maximum Gasteiger partial charge on any atom is 0.416 e. The Hall–Kier alpha value is -2.51. The lowest BCUT2D eigenvalue weighted by molar-refractivity contribution is -0.143. The van der Waals surface area contributed by atoms with E-state index in [1.807, 2.05) is 0 Å². The molecule has 1 N–H and O–H groups in total. The highest BCUT2D eigenvalue weighted by atomic mass is 19.4. The number of carbonyl (C=O) groups excluding carboxylic acids is 1. The number of hydrogen-bond acceptors (Lipinski definition) is 1. The third-order valence-corrected chi connectivity index (χ3v) is 3.50. The van der Waals surface area contributed by atoms with Gasteiger partial charge in [-0.25, -0.2) is 0 Å². The van der Waals surface area contributed by atoms with Gasteiger partial charge in [0.2, 0.25) is 0 Å². The van der Waals surface area contributed by atoms with Crippen LogP contribution in [0.5, 0.6) is 0 Å². The summed E-state index contributed by atoms with van der Waals surface area (Å²) in [7, 11) is 0. The standard InChI is InChI=1S/C17H13F6NO/c1-10(11-5-3-2-4-6-11)24-15(25)12-7-13(16(18,19)20)9-14(8-12)17(21,22)23/h2-10H,1H3,(H,24,25). The van der Waals surface area contributed by atoms with E-state index in [0.717, 1.165) is 0 Å². The number of rotatable bonds is 3. The van der Waals surface area contributed by atoms with Crippen LogP contribution in [-0.2, 0) is 12.4 Å². The summed E-state index contributed by atoms with van der Waals surface area (Å²) in [6.07, 6.45) is -10.00. The van der Waals surface area contributed by atoms with Crippen LogP contribution < -0.4 is 5.32 Å². The Labute approximate surface area is 139 Å². The molecular weight excluding hydrogens is 348 g/mol. The van der Waals surface area contributed by atoms with Gasteiger partial charge in [0.1, 0.15) is 0 Å². The molecule has 0 saturated carbocycles. The predicted molar refractivity (Wildman–Crippen MR) is 78.8 cm³/mol. The molecule has 1 unspecified atom stereocenters. The average molecular weight is 361 g/mol. The van der Waals surface area contributed by atoms with E-state index in [2.05, 4.69) is 5.32 Å². The third-order valence-electron chi connectivity index (χ3n) is 3.50. The maximum absolute atomic E-state index is 12.8. The highest BCUT2D eigenvalue weighted by Gasteiger charge is 2.37. The summed E-state index contributed by atoms with van der Waals surface area (Å²) in [6, 6.07) is 8.70. The van der Waals surface area contributed by atoms with Gasteiger partial charge in [0, 0.05) is 5.56 Å². The zero-order valence-corrected chi connectivity index (χ0v) is 12.9. The molecule has 134 valence electrons. The maximum atomic E-state index is 12.8. The van der Waals surface area contributed by atoms with E-state index >= 15 is 0 Å². The number of carbonyl (C=O) groups is 1. The number of alkyl halides is 6. The van der Waals surface area contributed by atoms with Gasteiger partial charge < -0.3 is 5.32 Å². The zero-order chi connectivity index (χ0) is 18.8. The Bertz CT molecular complexity index is 720. The molecule has 0 heterocycles. The number of hydrogen-bond donors (Lipinski definition) is 1. The Kier molecular flexibility index (Phi) is 5.10. The van der Waals surface area contributed by atoms with Gasteiger partial charge in [-0.05, 0) is 30.7 Å². The molecule has 0 aliphatic heterocycles. The second-order valence-electron chi connectivity index (χ2n) is 5.40. The van der Waals surface area contributed by atoms with Crippen LogP contribution in [0.25, 0.3) is 0 Å². The molecule has 1 atom stereocenters. The molecule has 0 aliphatic rings. The Morgan fingerprint density at radius 2 is 1.36 bits per heavy atom. The Morgan fingerprint density at radius 3 is 1.80 bits per heavy atom. The molecule has 8 heteroatoms. The molecule has 2 rings (SSSR count). The van der Waals surface area contributed by atoms with Gasteiger partial charge in [-0.3, -0.25) is 4.79 Å². The number of amides is 1. The van der Waals surface area contributed by atoms with Gasteiger partial charge in [-0.2, -0.15) is 26.3 Å². The summed E-state index contributed by atoms with van der Waals surface area (Å²) in [5, 5.41) is 2.40. The quantitative estimate of drug-likeness (QED) is 0.747. The first-order valence-electron chi connectivity index (χ1n) is 7.14. The fourth-order valence-corrected chi connectivity index (χ4v) is 2.19. The van der Waals surface area contributed by atoms with Crippen LogP contribution in [-0.4, -0.2) is 5.91 Å². The fourth-order valence-electron chi connectivity index (χ4n) is 2.19. The molecule has 0 saturated heterocycles. The second kappa shape index (κ2) is 6.78. The molecule has 0 bridgehead atoms. The van der Waals surface area contributed by atoms with Crippen molar-refractivity contribution in [1.82, 2.24) is 5.32 Å². The van der Waals surface area contributed by atoms with Crippen LogP contribution >= 0.6 is 0 Å². The molecular formula is C17H13F6NO. The van der Waals surface area contributed by atoms with Gasteiger partial charge >= 0.3 is 12.4 Å². The van der Waals surface area contributed by atoms with Crippen molar-refractivity contribution < 1.29 is 31.1 Å². The van der Waals surface area contributed by atoms with Gasteiger partial charge in [0.05, 0.1) is 17.2 Å². The van der Waals surface area contributed by atoms with Crippen molar-refractivity contribution in [2.75, 3.05) is 0 Å². The first kappa shape index (κ1) is 18.8. The monoisotopic (exact) mass is 361 g/mol. The molecule has 2 aromatic rings. The number of nitrogens with one attached hydrogen (secondary N) is 1. The fraction of sp³-hybridized carbons (Fsp3) is 0.235. The summed E-state index contributed by atoms with van der Waals surface area (Å²) in [5.74, 6) is -1.02. The van der Waals surface area contributed by atoms with Gasteiger partial charge in [0.25, 0.3) is 5.91 Å². The first-order valence-corrected chi connectivity index (χ1v) is 7.14. The van der Waals surface area contributed by atoms with E-state index < -0.39 is 41.0 Å². The normalized spacial score (nSPS) is 13.4. The number of halogens is 6. The van der Waals surface area contributed by atoms with Crippen LogP contribution in [0.1, 0.15) is 40.0 Å². The summed E-state index contributed by atoms with van der Waals surface area (Å²) >= 11 is 0. The van der Waals surface area contributed by atoms with Crippen molar-refractivity contribution in [3.8, 4) is 0 Å². The molecule has 2 nitrogen and oxygen atoms in total. The van der Waals surface area contributed by atoms with Crippen molar-refractivity contribution in [1.29, 1.82) is 0 Å². The lowest BCUT2D eigenvalue weighted by Gasteiger charge is -2.17. The zero-order valence-electron chi connectivity index (χ0n) is 12.9. The van der Waals surface area contributed by atoms with Crippen LogP contribution in [0.15, 0.2) is 48.5 Å². The molecule has 0 fully saturated rings. The van der Waals surface area contributed by atoms with E-state index in [4.69, 9.17) is 0 Å². The smallest absolute Gasteiger partial charge is 0.346 e. The summed E-state index contributed by atoms with van der Waals surface area (Å²) in [5.41, 5.74) is -3.09. The van der Waals surface area contributed by atoms with Crippen LogP contribution in [0.4, 0.5) is 26.3 Å². The average Bonchev–Trinajstić information content (AvgIpc) is 2.53. The summed E-state index contributed by atoms with van der Waals surface area (Å²) in [6.45, 7) is 1.57. The first-order chi connectivity index (χ1) is 11.5. The Balaban J connectivity index is 2.35. The minimum Gasteiger partial charge on any atom is -0.346 e. The SMILES string of the molecule is CC(NC(=O)c1cc(C(F)(F)F)cc(C(F)(F)F)c1)c1ccccc1. The van der Waals surface area contributed by atoms with E-state index in [9.17, 15) is 31.1 Å². The van der Waals surface area contributed by atoms with Crippen molar-refractivity contribution in [3.63, 3.8) is 0 Å². The second-order valence-corrected chi connectivity index (χ2v) is 5.40. The predicted octanol–water partition coefficient (Wildman–Crippen LogP) is 5.22. The van der Waals surface area contributed by atoms with Crippen molar-refractivity contribution in [2.24, 2.45) is 0 Å². The number of benzene rings is 2. The largest absolute Gasteiger partial charge is 0.416 e. The minimum atomic E-state index is -5.00. The van der Waals surface area contributed by atoms with Crippen molar-refractivity contribution >= 4 is 5.91 Å². The van der Waals surface area contributed by atoms with Crippen LogP contribution in [0, 0.1) is 0 Å². The summed E-state index contributed by atoms with van der Waals surface area (Å²) in [4.78, 5) is 12.1. The van der Waals surface area contributed by atoms with Gasteiger partial charge in [-0.1, -0.05) is 30.3 Å². The van der Waals surface area contributed by atoms with Crippen molar-refractivity contribution in [3.05, 3.63) is 70.8 Å². The third kappa shape index (κ3) is 4.74. The lowest BCUT2D eigenvalue weighted by atomic mass is 10.0. The molecule has 0 aromatic heterocycles. The highest BCUT2D eigenvalue weighted by molar-refractivity contribution is 5.95. The molecule has 2 aromatic carbocycles.